The lowest BCUT2D eigenvalue weighted by molar-refractivity contribution is -0.387. The number of carbonyl (C=O) groups excluding carboxylic acids is 1. The van der Waals surface area contributed by atoms with Crippen LogP contribution < -0.4 is 0 Å². The number of sulfonamides is 1. The quantitative estimate of drug-likeness (QED) is 0.567. The molecule has 0 saturated carbocycles. The summed E-state index contributed by atoms with van der Waals surface area (Å²) in [6, 6.07) is 7.19. The molecule has 1 aromatic carbocycles. The van der Waals surface area contributed by atoms with Gasteiger partial charge in [0, 0.05) is 32.2 Å². The second-order valence-electron chi connectivity index (χ2n) is 5.82. The number of hydrogen-bond donors (Lipinski definition) is 0. The highest BCUT2D eigenvalue weighted by Crippen LogP contribution is 2.27. The molecule has 2 aromatic rings. The summed E-state index contributed by atoms with van der Waals surface area (Å²) in [5.74, 6) is -0.0499. The molecule has 26 heavy (non-hydrogen) atoms. The Kier molecular flexibility index (Phi) is 5.35. The lowest BCUT2D eigenvalue weighted by Crippen LogP contribution is -2.50. The van der Waals surface area contributed by atoms with Gasteiger partial charge in [-0.15, -0.1) is 0 Å². The Bertz CT molecular complexity index is 904. The molecule has 0 aliphatic carbocycles. The average molecular weight is 395 g/mol. The Labute approximate surface area is 154 Å². The van der Waals surface area contributed by atoms with Gasteiger partial charge in [0.05, 0.1) is 11.3 Å². The van der Waals surface area contributed by atoms with E-state index in [1.165, 1.54) is 39.9 Å². The van der Waals surface area contributed by atoms with Crippen molar-refractivity contribution in [2.45, 2.75) is 11.3 Å². The molecule has 1 aliphatic rings. The largest absolute Gasteiger partial charge is 0.340 e. The molecule has 0 spiro atoms. The summed E-state index contributed by atoms with van der Waals surface area (Å²) in [7, 11) is -3.98. The summed E-state index contributed by atoms with van der Waals surface area (Å²) in [5, 5.41) is 14.9. The minimum atomic E-state index is -3.98. The van der Waals surface area contributed by atoms with E-state index in [1.54, 1.807) is 4.90 Å². The van der Waals surface area contributed by atoms with E-state index < -0.39 is 20.6 Å². The van der Waals surface area contributed by atoms with E-state index in [0.717, 1.165) is 5.56 Å². The van der Waals surface area contributed by atoms with Crippen molar-refractivity contribution in [3.05, 3.63) is 56.8 Å². The first-order chi connectivity index (χ1) is 12.4. The van der Waals surface area contributed by atoms with Gasteiger partial charge in [0.1, 0.15) is 0 Å². The number of rotatable bonds is 5. The molecular weight excluding hydrogens is 378 g/mol. The summed E-state index contributed by atoms with van der Waals surface area (Å²) >= 11 is 1.52. The zero-order valence-electron chi connectivity index (χ0n) is 13.8. The molecule has 0 N–H and O–H groups in total. The van der Waals surface area contributed by atoms with Gasteiger partial charge in [-0.2, -0.15) is 15.6 Å². The predicted octanol–water partition coefficient (Wildman–Crippen LogP) is 1.73. The Hall–Kier alpha value is -2.30. The molecule has 0 atom stereocenters. The first-order valence-corrected chi connectivity index (χ1v) is 10.3. The molecule has 2 heterocycles. The van der Waals surface area contributed by atoms with Crippen LogP contribution >= 0.6 is 11.3 Å². The molecule has 1 amide bonds. The summed E-state index contributed by atoms with van der Waals surface area (Å²) in [5.41, 5.74) is 0.499. The van der Waals surface area contributed by atoms with Gasteiger partial charge in [-0.1, -0.05) is 12.1 Å². The number of benzene rings is 1. The van der Waals surface area contributed by atoms with E-state index in [2.05, 4.69) is 0 Å². The lowest BCUT2D eigenvalue weighted by Gasteiger charge is -2.34. The SMILES string of the molecule is O=C(Cc1ccsc1)N1CCN(S(=O)(=O)c2ccccc2[N+](=O)[O-])CC1. The van der Waals surface area contributed by atoms with Crippen molar-refractivity contribution in [2.75, 3.05) is 26.2 Å². The second-order valence-corrected chi connectivity index (χ2v) is 8.50. The highest BCUT2D eigenvalue weighted by atomic mass is 32.2. The van der Waals surface area contributed by atoms with Crippen LogP contribution in [0.25, 0.3) is 0 Å². The molecule has 138 valence electrons. The fourth-order valence-corrected chi connectivity index (χ4v) is 5.07. The average Bonchev–Trinajstić information content (AvgIpc) is 3.14. The van der Waals surface area contributed by atoms with Crippen LogP contribution in [-0.4, -0.2) is 54.6 Å². The number of piperazine rings is 1. The summed E-state index contributed by atoms with van der Waals surface area (Å²) in [4.78, 5) is 24.0. The second kappa shape index (κ2) is 7.52. The van der Waals surface area contributed by atoms with Gasteiger partial charge >= 0.3 is 0 Å². The molecular formula is C16H17N3O5S2. The van der Waals surface area contributed by atoms with E-state index in [1.807, 2.05) is 16.8 Å². The van der Waals surface area contributed by atoms with E-state index in [0.29, 0.717) is 6.42 Å². The third-order valence-electron chi connectivity index (χ3n) is 4.21. The maximum Gasteiger partial charge on any atom is 0.289 e. The van der Waals surface area contributed by atoms with Gasteiger partial charge in [0.15, 0.2) is 4.90 Å². The fourth-order valence-electron chi connectivity index (χ4n) is 2.82. The van der Waals surface area contributed by atoms with Crippen molar-refractivity contribution in [1.82, 2.24) is 9.21 Å². The predicted molar refractivity (Wildman–Crippen MR) is 96.5 cm³/mol. The van der Waals surface area contributed by atoms with E-state index >= 15 is 0 Å². The third-order valence-corrected chi connectivity index (χ3v) is 6.88. The third kappa shape index (κ3) is 3.76. The van der Waals surface area contributed by atoms with Crippen LogP contribution in [0.15, 0.2) is 46.0 Å². The Morgan fingerprint density at radius 3 is 2.46 bits per heavy atom. The van der Waals surface area contributed by atoms with Gasteiger partial charge in [-0.3, -0.25) is 14.9 Å². The summed E-state index contributed by atoms with van der Waals surface area (Å²) in [6.45, 7) is 0.763. The normalized spacial score (nSPS) is 15.8. The molecule has 1 saturated heterocycles. The van der Waals surface area contributed by atoms with Crippen LogP contribution in [0.4, 0.5) is 5.69 Å². The maximum atomic E-state index is 12.8. The van der Waals surface area contributed by atoms with E-state index in [-0.39, 0.29) is 37.0 Å². The van der Waals surface area contributed by atoms with Crippen LogP contribution in [0.2, 0.25) is 0 Å². The van der Waals surface area contributed by atoms with Crippen molar-refractivity contribution in [1.29, 1.82) is 0 Å². The molecule has 8 nitrogen and oxygen atoms in total. The number of amides is 1. The number of nitrogens with zero attached hydrogens (tertiary/aromatic N) is 3. The molecule has 1 aromatic heterocycles. The van der Waals surface area contributed by atoms with Gasteiger partial charge in [0.2, 0.25) is 15.9 Å². The van der Waals surface area contributed by atoms with Crippen molar-refractivity contribution in [2.24, 2.45) is 0 Å². The Morgan fingerprint density at radius 2 is 1.85 bits per heavy atom. The molecule has 10 heteroatoms. The molecule has 3 rings (SSSR count). The lowest BCUT2D eigenvalue weighted by atomic mass is 10.2. The topological polar surface area (TPSA) is 101 Å². The van der Waals surface area contributed by atoms with Crippen molar-refractivity contribution < 1.29 is 18.1 Å². The highest BCUT2D eigenvalue weighted by Gasteiger charge is 2.34. The molecule has 0 radical (unpaired) electrons. The van der Waals surface area contributed by atoms with Gasteiger partial charge in [-0.25, -0.2) is 8.42 Å². The molecule has 0 bridgehead atoms. The zero-order valence-corrected chi connectivity index (χ0v) is 15.4. The molecule has 0 unspecified atom stereocenters. The van der Waals surface area contributed by atoms with Crippen LogP contribution in [-0.2, 0) is 21.2 Å². The minimum absolute atomic E-state index is 0.0499. The Balaban J connectivity index is 1.69. The van der Waals surface area contributed by atoms with Crippen LogP contribution in [0.1, 0.15) is 5.56 Å². The summed E-state index contributed by atoms with van der Waals surface area (Å²) in [6.07, 6.45) is 0.292. The van der Waals surface area contributed by atoms with E-state index in [4.69, 9.17) is 0 Å². The van der Waals surface area contributed by atoms with Crippen LogP contribution in [0.5, 0.6) is 0 Å². The number of hydrogen-bond acceptors (Lipinski definition) is 6. The first-order valence-electron chi connectivity index (χ1n) is 7.92. The number of para-hydroxylation sites is 1. The number of nitro groups is 1. The number of carbonyl (C=O) groups is 1. The van der Waals surface area contributed by atoms with Gasteiger partial charge in [0.25, 0.3) is 5.69 Å². The zero-order chi connectivity index (χ0) is 18.7. The van der Waals surface area contributed by atoms with Crippen molar-refractivity contribution in [3.63, 3.8) is 0 Å². The van der Waals surface area contributed by atoms with Crippen LogP contribution in [0.3, 0.4) is 0 Å². The van der Waals surface area contributed by atoms with Gasteiger partial charge < -0.3 is 4.90 Å². The van der Waals surface area contributed by atoms with Crippen LogP contribution in [0, 0.1) is 10.1 Å². The minimum Gasteiger partial charge on any atom is -0.340 e. The highest BCUT2D eigenvalue weighted by molar-refractivity contribution is 7.89. The maximum absolute atomic E-state index is 12.8. The van der Waals surface area contributed by atoms with Crippen molar-refractivity contribution in [3.8, 4) is 0 Å². The molecule has 1 fully saturated rings. The standard InChI is InChI=1S/C16H17N3O5S2/c20-16(11-13-5-10-25-12-13)17-6-8-18(9-7-17)26(23,24)15-4-2-1-3-14(15)19(21)22/h1-5,10,12H,6-9,11H2. The number of nitro benzene ring substituents is 1. The first kappa shape index (κ1) is 18.5. The van der Waals surface area contributed by atoms with Crippen molar-refractivity contribution >= 4 is 33.0 Å². The Morgan fingerprint density at radius 1 is 1.15 bits per heavy atom. The van der Waals surface area contributed by atoms with Gasteiger partial charge in [-0.05, 0) is 28.5 Å². The van der Waals surface area contributed by atoms with E-state index in [9.17, 15) is 23.3 Å². The molecule has 1 aliphatic heterocycles. The fraction of sp³-hybridized carbons (Fsp3) is 0.312. The monoisotopic (exact) mass is 395 g/mol. The summed E-state index contributed by atoms with van der Waals surface area (Å²) < 4.78 is 26.7. The number of thiophene rings is 1. The smallest absolute Gasteiger partial charge is 0.289 e.